The molecule has 0 aliphatic heterocycles. The maximum atomic E-state index is 6.43. The van der Waals surface area contributed by atoms with E-state index < -0.39 is 0 Å². The summed E-state index contributed by atoms with van der Waals surface area (Å²) in [6.45, 7) is 0. The van der Waals surface area contributed by atoms with Gasteiger partial charge in [0.25, 0.3) is 0 Å². The summed E-state index contributed by atoms with van der Waals surface area (Å²) in [5.41, 5.74) is 2.38. The zero-order chi connectivity index (χ0) is 18.9. The summed E-state index contributed by atoms with van der Waals surface area (Å²) in [6.07, 6.45) is 0. The highest BCUT2D eigenvalue weighted by atomic mass is 79.9. The third-order valence-electron chi connectivity index (χ3n) is 5.00. The van der Waals surface area contributed by atoms with E-state index in [-0.39, 0.29) is 0 Å². The molecule has 0 saturated heterocycles. The second kappa shape index (κ2) is 7.14. The first-order chi connectivity index (χ1) is 13.8. The molecule has 0 heterocycles. The highest BCUT2D eigenvalue weighted by molar-refractivity contribution is 9.10. The zero-order valence-electron chi connectivity index (χ0n) is 15.1. The molecule has 134 valence electrons. The van der Waals surface area contributed by atoms with E-state index in [9.17, 15) is 0 Å². The van der Waals surface area contributed by atoms with E-state index in [4.69, 9.17) is 4.74 Å². The van der Waals surface area contributed by atoms with Gasteiger partial charge in [0.15, 0.2) is 0 Å². The molecule has 0 atom stereocenters. The number of hydrogen-bond acceptors (Lipinski definition) is 1. The van der Waals surface area contributed by atoms with E-state index in [1.54, 1.807) is 0 Å². The highest BCUT2D eigenvalue weighted by Gasteiger charge is 2.13. The number of rotatable bonds is 3. The summed E-state index contributed by atoms with van der Waals surface area (Å²) >= 11 is 3.78. The minimum absolute atomic E-state index is 0.831. The van der Waals surface area contributed by atoms with Gasteiger partial charge in [0.1, 0.15) is 11.5 Å². The molecule has 0 aliphatic rings. The van der Waals surface area contributed by atoms with Crippen LogP contribution in [0.1, 0.15) is 0 Å². The van der Waals surface area contributed by atoms with E-state index in [0.29, 0.717) is 0 Å². The summed E-state index contributed by atoms with van der Waals surface area (Å²) in [6, 6.07) is 35.3. The van der Waals surface area contributed by atoms with E-state index in [2.05, 4.69) is 101 Å². The van der Waals surface area contributed by atoms with E-state index in [1.165, 1.54) is 11.1 Å². The predicted octanol–water partition coefficient (Wildman–Crippen LogP) is 8.21. The fourth-order valence-corrected chi connectivity index (χ4v) is 4.30. The quantitative estimate of drug-likeness (QED) is 0.265. The van der Waals surface area contributed by atoms with Gasteiger partial charge in [-0.05, 0) is 39.2 Å². The largest absolute Gasteiger partial charge is 0.456 e. The van der Waals surface area contributed by atoms with Crippen molar-refractivity contribution in [3.63, 3.8) is 0 Å². The van der Waals surface area contributed by atoms with Crippen molar-refractivity contribution in [1.82, 2.24) is 0 Å². The maximum Gasteiger partial charge on any atom is 0.143 e. The third kappa shape index (κ3) is 2.96. The van der Waals surface area contributed by atoms with Crippen LogP contribution in [0.25, 0.3) is 32.7 Å². The van der Waals surface area contributed by atoms with Crippen LogP contribution in [0.4, 0.5) is 0 Å². The number of fused-ring (bicyclic) bond motifs is 2. The van der Waals surface area contributed by atoms with Crippen molar-refractivity contribution in [2.45, 2.75) is 0 Å². The molecule has 0 aromatic heterocycles. The molecule has 0 unspecified atom stereocenters. The summed E-state index contributed by atoms with van der Waals surface area (Å²) in [5.74, 6) is 1.72. The Morgan fingerprint density at radius 2 is 0.929 bits per heavy atom. The van der Waals surface area contributed by atoms with Crippen LogP contribution >= 0.6 is 15.9 Å². The Hall–Kier alpha value is -3.10. The Morgan fingerprint density at radius 1 is 0.464 bits per heavy atom. The Balaban J connectivity index is 1.62. The average Bonchev–Trinajstić information content (AvgIpc) is 2.78. The first kappa shape index (κ1) is 17.0. The summed E-state index contributed by atoms with van der Waals surface area (Å²) < 4.78 is 7.53. The van der Waals surface area contributed by atoms with Crippen LogP contribution in [0.2, 0.25) is 0 Å². The lowest BCUT2D eigenvalue weighted by Gasteiger charge is -2.15. The molecular weight excluding hydrogens is 408 g/mol. The average molecular weight is 425 g/mol. The Bertz CT molecular complexity index is 1220. The molecule has 0 radical (unpaired) electrons. The van der Waals surface area contributed by atoms with Crippen LogP contribution < -0.4 is 4.74 Å². The standard InChI is InChI=1S/C26H17BrO/c27-25-21-10-4-6-12-23(21)26(24-13-7-5-11-22(24)25)28-20-16-14-19(15-17-20)18-8-2-1-3-9-18/h1-17H. The van der Waals surface area contributed by atoms with Crippen LogP contribution in [-0.2, 0) is 0 Å². The molecule has 2 heteroatoms. The van der Waals surface area contributed by atoms with Gasteiger partial charge >= 0.3 is 0 Å². The minimum Gasteiger partial charge on any atom is -0.456 e. The molecule has 0 spiro atoms. The van der Waals surface area contributed by atoms with E-state index in [1.807, 2.05) is 18.2 Å². The van der Waals surface area contributed by atoms with Gasteiger partial charge in [0.05, 0.1) is 0 Å². The molecule has 0 bridgehead atoms. The predicted molar refractivity (Wildman–Crippen MR) is 121 cm³/mol. The molecule has 0 amide bonds. The highest BCUT2D eigenvalue weighted by Crippen LogP contribution is 2.42. The fraction of sp³-hybridized carbons (Fsp3) is 0. The van der Waals surface area contributed by atoms with Crippen molar-refractivity contribution in [1.29, 1.82) is 0 Å². The zero-order valence-corrected chi connectivity index (χ0v) is 16.7. The lowest BCUT2D eigenvalue weighted by atomic mass is 10.0. The molecule has 1 nitrogen and oxygen atoms in total. The minimum atomic E-state index is 0.831. The van der Waals surface area contributed by atoms with Gasteiger partial charge in [0, 0.05) is 26.0 Å². The molecular formula is C26H17BrO. The summed E-state index contributed by atoms with van der Waals surface area (Å²) in [4.78, 5) is 0. The van der Waals surface area contributed by atoms with Crippen LogP contribution in [-0.4, -0.2) is 0 Å². The first-order valence-corrected chi connectivity index (χ1v) is 10.0. The molecule has 28 heavy (non-hydrogen) atoms. The van der Waals surface area contributed by atoms with Gasteiger partial charge in [0.2, 0.25) is 0 Å². The Labute approximate surface area is 172 Å². The topological polar surface area (TPSA) is 9.23 Å². The second-order valence-corrected chi connectivity index (χ2v) is 7.52. The molecule has 0 saturated carbocycles. The monoisotopic (exact) mass is 424 g/mol. The third-order valence-corrected chi connectivity index (χ3v) is 5.85. The van der Waals surface area contributed by atoms with Gasteiger partial charge in [-0.2, -0.15) is 0 Å². The Kier molecular flexibility index (Phi) is 4.34. The number of benzene rings is 5. The fourth-order valence-electron chi connectivity index (χ4n) is 3.61. The van der Waals surface area contributed by atoms with Crippen LogP contribution in [0.3, 0.4) is 0 Å². The lowest BCUT2D eigenvalue weighted by Crippen LogP contribution is -1.90. The van der Waals surface area contributed by atoms with Gasteiger partial charge in [-0.1, -0.05) is 91.0 Å². The van der Waals surface area contributed by atoms with Crippen molar-refractivity contribution in [2.75, 3.05) is 0 Å². The molecule has 5 aromatic rings. The molecule has 0 fully saturated rings. The molecule has 5 rings (SSSR count). The maximum absolute atomic E-state index is 6.43. The van der Waals surface area contributed by atoms with Gasteiger partial charge in [-0.25, -0.2) is 0 Å². The molecule has 5 aromatic carbocycles. The van der Waals surface area contributed by atoms with E-state index in [0.717, 1.165) is 37.5 Å². The van der Waals surface area contributed by atoms with Crippen molar-refractivity contribution in [2.24, 2.45) is 0 Å². The van der Waals surface area contributed by atoms with Gasteiger partial charge < -0.3 is 4.74 Å². The summed E-state index contributed by atoms with van der Waals surface area (Å²) in [5, 5.41) is 4.50. The Morgan fingerprint density at radius 3 is 1.50 bits per heavy atom. The normalized spacial score (nSPS) is 11.0. The molecule has 0 N–H and O–H groups in total. The van der Waals surface area contributed by atoms with Crippen molar-refractivity contribution < 1.29 is 4.74 Å². The molecule has 0 aliphatic carbocycles. The van der Waals surface area contributed by atoms with Crippen molar-refractivity contribution in [3.8, 4) is 22.6 Å². The van der Waals surface area contributed by atoms with Gasteiger partial charge in [-0.15, -0.1) is 0 Å². The van der Waals surface area contributed by atoms with E-state index >= 15 is 0 Å². The van der Waals surface area contributed by atoms with Crippen molar-refractivity contribution in [3.05, 3.63) is 108 Å². The van der Waals surface area contributed by atoms with Crippen LogP contribution in [0.15, 0.2) is 108 Å². The smallest absolute Gasteiger partial charge is 0.143 e. The lowest BCUT2D eigenvalue weighted by molar-refractivity contribution is 0.494. The van der Waals surface area contributed by atoms with Crippen molar-refractivity contribution >= 4 is 37.5 Å². The van der Waals surface area contributed by atoms with Gasteiger partial charge in [-0.3, -0.25) is 0 Å². The second-order valence-electron chi connectivity index (χ2n) is 6.73. The number of halogens is 1. The van der Waals surface area contributed by atoms with Crippen LogP contribution in [0, 0.1) is 0 Å². The van der Waals surface area contributed by atoms with Crippen LogP contribution in [0.5, 0.6) is 11.5 Å². The number of hydrogen-bond donors (Lipinski definition) is 0. The SMILES string of the molecule is Brc1c2ccccc2c(Oc2ccc(-c3ccccc3)cc2)c2ccccc12. The summed E-state index contributed by atoms with van der Waals surface area (Å²) in [7, 11) is 0. The number of ether oxygens (including phenoxy) is 1. The first-order valence-electron chi connectivity index (χ1n) is 9.23.